The Balaban J connectivity index is 1.96. The van der Waals surface area contributed by atoms with Crippen molar-refractivity contribution in [2.24, 2.45) is 0 Å². The number of hydrogen-bond acceptors (Lipinski definition) is 0. The van der Waals surface area contributed by atoms with Gasteiger partial charge >= 0.3 is 0 Å². The van der Waals surface area contributed by atoms with Crippen LogP contribution in [0, 0.1) is 5.82 Å². The number of benzene rings is 3. The van der Waals surface area contributed by atoms with Gasteiger partial charge in [-0.15, -0.1) is 0 Å². The molecule has 0 bridgehead atoms. The number of aromatic nitrogens is 1. The monoisotopic (exact) mass is 384 g/mol. The van der Waals surface area contributed by atoms with Crippen LogP contribution >= 0.6 is 0 Å². The number of pyridine rings is 1. The molecule has 0 aliphatic carbocycles. The zero-order valence-electron chi connectivity index (χ0n) is 17.5. The van der Waals surface area contributed by atoms with Gasteiger partial charge in [0.15, 0.2) is 6.04 Å². The zero-order valence-corrected chi connectivity index (χ0v) is 17.5. The van der Waals surface area contributed by atoms with Gasteiger partial charge in [0.25, 0.3) is 0 Å². The molecule has 0 saturated heterocycles. The highest BCUT2D eigenvalue weighted by Gasteiger charge is 2.24. The van der Waals surface area contributed by atoms with Crippen LogP contribution < -0.4 is 4.57 Å². The first-order chi connectivity index (χ1) is 14.0. The van der Waals surface area contributed by atoms with Crippen LogP contribution in [0.25, 0.3) is 33.3 Å². The van der Waals surface area contributed by atoms with Crippen molar-refractivity contribution in [3.8, 4) is 22.4 Å². The lowest BCUT2D eigenvalue weighted by Gasteiger charge is -2.16. The molecule has 0 aliphatic rings. The van der Waals surface area contributed by atoms with Gasteiger partial charge in [0.1, 0.15) is 5.82 Å². The van der Waals surface area contributed by atoms with Crippen LogP contribution in [-0.2, 0) is 0 Å². The normalized spacial score (nSPS) is 11.6. The minimum Gasteiger partial charge on any atom is -0.207 e. The lowest BCUT2D eigenvalue weighted by molar-refractivity contribution is -0.680. The van der Waals surface area contributed by atoms with E-state index in [0.29, 0.717) is 5.92 Å². The van der Waals surface area contributed by atoms with Crippen LogP contribution in [0.1, 0.15) is 45.2 Å². The number of hydrogen-bond donors (Lipinski definition) is 0. The van der Waals surface area contributed by atoms with Crippen LogP contribution in [0.3, 0.4) is 0 Å². The Morgan fingerprint density at radius 1 is 0.724 bits per heavy atom. The Morgan fingerprint density at radius 2 is 1.48 bits per heavy atom. The Kier molecular flexibility index (Phi) is 5.19. The summed E-state index contributed by atoms with van der Waals surface area (Å²) in [5, 5.41) is 1.19. The van der Waals surface area contributed by atoms with Gasteiger partial charge in [-0.05, 0) is 66.8 Å². The van der Waals surface area contributed by atoms with Crippen LogP contribution in [0.4, 0.5) is 4.39 Å². The Hall–Kier alpha value is -3.00. The van der Waals surface area contributed by atoms with E-state index in [2.05, 4.69) is 86.9 Å². The standard InChI is InChI=1S/C27H27FN/c1-18(2)24-13-12-23(28)17-25(24)27-15-11-22-16-21(20-8-6-5-7-9-20)10-14-26(22)29(27)19(3)4/h5-19H,1-4H3/q+1. The highest BCUT2D eigenvalue weighted by Crippen LogP contribution is 2.31. The van der Waals surface area contributed by atoms with Crippen molar-refractivity contribution >= 4 is 10.9 Å². The summed E-state index contributed by atoms with van der Waals surface area (Å²) in [6, 6.07) is 26.7. The minimum atomic E-state index is -0.195. The van der Waals surface area contributed by atoms with Gasteiger partial charge in [-0.1, -0.05) is 50.2 Å². The number of fused-ring (bicyclic) bond motifs is 1. The fraction of sp³-hybridized carbons (Fsp3) is 0.222. The van der Waals surface area contributed by atoms with Crippen molar-refractivity contribution in [3.63, 3.8) is 0 Å². The van der Waals surface area contributed by atoms with Crippen molar-refractivity contribution < 1.29 is 8.96 Å². The third-order valence-corrected chi connectivity index (χ3v) is 5.50. The van der Waals surface area contributed by atoms with Crippen molar-refractivity contribution in [3.05, 3.63) is 90.2 Å². The van der Waals surface area contributed by atoms with Crippen molar-refractivity contribution in [2.75, 3.05) is 0 Å². The van der Waals surface area contributed by atoms with E-state index in [1.165, 1.54) is 22.1 Å². The molecule has 0 N–H and O–H groups in total. The molecule has 2 heteroatoms. The minimum absolute atomic E-state index is 0.195. The van der Waals surface area contributed by atoms with E-state index in [9.17, 15) is 4.39 Å². The maximum atomic E-state index is 14.2. The summed E-state index contributed by atoms with van der Waals surface area (Å²) in [6.07, 6.45) is 0. The third-order valence-electron chi connectivity index (χ3n) is 5.50. The smallest absolute Gasteiger partial charge is 0.207 e. The summed E-state index contributed by atoms with van der Waals surface area (Å²) in [5.41, 5.74) is 6.78. The Labute approximate surface area is 172 Å². The molecule has 0 saturated carbocycles. The molecule has 4 rings (SSSR count). The summed E-state index contributed by atoms with van der Waals surface area (Å²) < 4.78 is 16.5. The largest absolute Gasteiger partial charge is 0.213 e. The summed E-state index contributed by atoms with van der Waals surface area (Å²) >= 11 is 0. The van der Waals surface area contributed by atoms with Gasteiger partial charge < -0.3 is 0 Å². The maximum Gasteiger partial charge on any atom is 0.213 e. The predicted octanol–water partition coefficient (Wildman–Crippen LogP) is 7.30. The van der Waals surface area contributed by atoms with Gasteiger partial charge in [0.2, 0.25) is 11.2 Å². The SMILES string of the molecule is CC(C)c1ccc(F)cc1-c1ccc2cc(-c3ccccc3)ccc2[n+]1C(C)C. The second-order valence-corrected chi connectivity index (χ2v) is 8.21. The van der Waals surface area contributed by atoms with Crippen molar-refractivity contribution in [1.29, 1.82) is 0 Å². The molecule has 1 nitrogen and oxygen atoms in total. The molecule has 0 spiro atoms. The van der Waals surface area contributed by atoms with E-state index in [4.69, 9.17) is 0 Å². The van der Waals surface area contributed by atoms with Gasteiger partial charge in [-0.3, -0.25) is 0 Å². The molecule has 0 fully saturated rings. The molecule has 0 amide bonds. The first kappa shape index (κ1) is 19.3. The summed E-state index contributed by atoms with van der Waals surface area (Å²) in [5.74, 6) is 0.126. The molecule has 146 valence electrons. The fourth-order valence-electron chi connectivity index (χ4n) is 4.13. The average molecular weight is 385 g/mol. The highest BCUT2D eigenvalue weighted by molar-refractivity contribution is 5.84. The molecule has 29 heavy (non-hydrogen) atoms. The number of nitrogens with zero attached hydrogens (tertiary/aromatic N) is 1. The van der Waals surface area contributed by atoms with E-state index in [-0.39, 0.29) is 11.9 Å². The highest BCUT2D eigenvalue weighted by atomic mass is 19.1. The third kappa shape index (κ3) is 3.67. The molecule has 4 aromatic rings. The Morgan fingerprint density at radius 3 is 2.17 bits per heavy atom. The quantitative estimate of drug-likeness (QED) is 0.325. The molecular weight excluding hydrogens is 357 g/mol. The van der Waals surface area contributed by atoms with E-state index < -0.39 is 0 Å². The van der Waals surface area contributed by atoms with Gasteiger partial charge in [-0.25, -0.2) is 4.39 Å². The van der Waals surface area contributed by atoms with Crippen LogP contribution in [-0.4, -0.2) is 0 Å². The van der Waals surface area contributed by atoms with Gasteiger partial charge in [0.05, 0.1) is 5.56 Å². The summed E-state index contributed by atoms with van der Waals surface area (Å²) in [7, 11) is 0. The van der Waals surface area contributed by atoms with E-state index in [1.54, 1.807) is 12.1 Å². The molecule has 0 atom stereocenters. The predicted molar refractivity (Wildman–Crippen MR) is 119 cm³/mol. The lowest BCUT2D eigenvalue weighted by atomic mass is 9.93. The second kappa shape index (κ2) is 7.79. The molecule has 1 heterocycles. The van der Waals surface area contributed by atoms with Crippen LogP contribution in [0.2, 0.25) is 0 Å². The molecule has 0 aliphatic heterocycles. The first-order valence-electron chi connectivity index (χ1n) is 10.3. The topological polar surface area (TPSA) is 3.88 Å². The van der Waals surface area contributed by atoms with Crippen molar-refractivity contribution in [2.45, 2.75) is 39.7 Å². The molecular formula is C27H27FN+. The van der Waals surface area contributed by atoms with Crippen molar-refractivity contribution in [1.82, 2.24) is 0 Å². The second-order valence-electron chi connectivity index (χ2n) is 8.21. The van der Waals surface area contributed by atoms with Crippen LogP contribution in [0.15, 0.2) is 78.9 Å². The molecule has 1 aromatic heterocycles. The van der Waals surface area contributed by atoms with Gasteiger partial charge in [0, 0.05) is 17.5 Å². The average Bonchev–Trinajstić information content (AvgIpc) is 2.72. The van der Waals surface area contributed by atoms with E-state index in [1.807, 2.05) is 12.1 Å². The maximum absolute atomic E-state index is 14.2. The molecule has 0 radical (unpaired) electrons. The fourth-order valence-corrected chi connectivity index (χ4v) is 4.13. The zero-order chi connectivity index (χ0) is 20.5. The Bertz CT molecular complexity index is 1160. The number of rotatable bonds is 4. The summed E-state index contributed by atoms with van der Waals surface area (Å²) in [6.45, 7) is 8.68. The van der Waals surface area contributed by atoms with E-state index in [0.717, 1.165) is 16.8 Å². The summed E-state index contributed by atoms with van der Waals surface area (Å²) in [4.78, 5) is 0. The lowest BCUT2D eigenvalue weighted by Crippen LogP contribution is -2.39. The van der Waals surface area contributed by atoms with Gasteiger partial charge in [-0.2, -0.15) is 4.57 Å². The number of halogens is 1. The first-order valence-corrected chi connectivity index (χ1v) is 10.3. The van der Waals surface area contributed by atoms with E-state index >= 15 is 0 Å². The molecule has 0 unspecified atom stereocenters. The molecule has 3 aromatic carbocycles. The van der Waals surface area contributed by atoms with Crippen LogP contribution in [0.5, 0.6) is 0 Å².